The SMILES string of the molecule is Cc1noc(C)c1CC(=O)NCc1ccc(N2C[C@@H](C)O[C@H](C)C2)c(F)c1. The largest absolute Gasteiger partial charge is 0.372 e. The van der Waals surface area contributed by atoms with Crippen LogP contribution in [0.15, 0.2) is 22.7 Å². The molecule has 1 aliphatic heterocycles. The summed E-state index contributed by atoms with van der Waals surface area (Å²) in [6.07, 6.45) is 0.332. The maximum atomic E-state index is 14.6. The Hall–Kier alpha value is -2.41. The number of anilines is 1. The molecule has 1 aliphatic rings. The summed E-state index contributed by atoms with van der Waals surface area (Å²) in [7, 11) is 0. The first-order valence-electron chi connectivity index (χ1n) is 9.20. The Balaban J connectivity index is 1.60. The fraction of sp³-hybridized carbons (Fsp3) is 0.500. The molecule has 146 valence electrons. The molecule has 7 heteroatoms. The van der Waals surface area contributed by atoms with Gasteiger partial charge in [-0.25, -0.2) is 4.39 Å². The van der Waals surface area contributed by atoms with Crippen LogP contribution in [0.1, 0.15) is 36.4 Å². The van der Waals surface area contributed by atoms with Gasteiger partial charge in [0.15, 0.2) is 0 Å². The van der Waals surface area contributed by atoms with Crippen molar-refractivity contribution in [3.05, 3.63) is 46.6 Å². The molecule has 0 unspecified atom stereocenters. The van der Waals surface area contributed by atoms with E-state index in [-0.39, 0.29) is 36.9 Å². The molecule has 1 aromatic heterocycles. The van der Waals surface area contributed by atoms with Gasteiger partial charge < -0.3 is 19.5 Å². The van der Waals surface area contributed by atoms with E-state index in [1.165, 1.54) is 6.07 Å². The first-order valence-corrected chi connectivity index (χ1v) is 9.20. The monoisotopic (exact) mass is 375 g/mol. The van der Waals surface area contributed by atoms with E-state index in [0.717, 1.165) is 11.1 Å². The number of benzene rings is 1. The van der Waals surface area contributed by atoms with E-state index in [1.54, 1.807) is 19.9 Å². The minimum Gasteiger partial charge on any atom is -0.372 e. The first-order chi connectivity index (χ1) is 12.8. The van der Waals surface area contributed by atoms with E-state index in [1.807, 2.05) is 24.8 Å². The number of nitrogens with one attached hydrogen (secondary N) is 1. The lowest BCUT2D eigenvalue weighted by atomic mass is 10.1. The van der Waals surface area contributed by atoms with E-state index in [9.17, 15) is 9.18 Å². The lowest BCUT2D eigenvalue weighted by Gasteiger charge is -2.37. The Morgan fingerprint density at radius 2 is 2.00 bits per heavy atom. The van der Waals surface area contributed by atoms with Gasteiger partial charge in [-0.1, -0.05) is 11.2 Å². The van der Waals surface area contributed by atoms with Crippen molar-refractivity contribution in [3.8, 4) is 0 Å². The van der Waals surface area contributed by atoms with Gasteiger partial charge in [-0.3, -0.25) is 4.79 Å². The molecule has 0 bridgehead atoms. The molecule has 1 fully saturated rings. The maximum absolute atomic E-state index is 14.6. The minimum atomic E-state index is -0.284. The third kappa shape index (κ3) is 4.66. The lowest BCUT2D eigenvalue weighted by Crippen LogP contribution is -2.45. The van der Waals surface area contributed by atoms with Crippen molar-refractivity contribution in [2.24, 2.45) is 0 Å². The van der Waals surface area contributed by atoms with E-state index < -0.39 is 0 Å². The summed E-state index contributed by atoms with van der Waals surface area (Å²) in [5, 5.41) is 6.67. The average molecular weight is 375 g/mol. The van der Waals surface area contributed by atoms with Gasteiger partial charge >= 0.3 is 0 Å². The molecule has 0 saturated carbocycles. The number of ether oxygens (including phenoxy) is 1. The molecule has 0 aliphatic carbocycles. The van der Waals surface area contributed by atoms with Crippen molar-refractivity contribution < 1.29 is 18.4 Å². The molecule has 2 aromatic rings. The summed E-state index contributed by atoms with van der Waals surface area (Å²) in [5.74, 6) is 0.213. The number of carbonyl (C=O) groups is 1. The van der Waals surface area contributed by atoms with Crippen LogP contribution < -0.4 is 10.2 Å². The number of aromatic nitrogens is 1. The number of aryl methyl sites for hydroxylation is 2. The van der Waals surface area contributed by atoms with Crippen molar-refractivity contribution in [3.63, 3.8) is 0 Å². The Morgan fingerprint density at radius 1 is 1.30 bits per heavy atom. The summed E-state index contributed by atoms with van der Waals surface area (Å²) in [6.45, 7) is 9.16. The maximum Gasteiger partial charge on any atom is 0.224 e. The minimum absolute atomic E-state index is 0.0661. The summed E-state index contributed by atoms with van der Waals surface area (Å²) >= 11 is 0. The van der Waals surface area contributed by atoms with Crippen LogP contribution in [0.3, 0.4) is 0 Å². The molecule has 0 spiro atoms. The summed E-state index contributed by atoms with van der Waals surface area (Å²) in [6, 6.07) is 5.10. The number of nitrogens with zero attached hydrogens (tertiary/aromatic N) is 2. The Kier molecular flexibility index (Phi) is 5.79. The third-order valence-corrected chi connectivity index (χ3v) is 4.78. The predicted octanol–water partition coefficient (Wildman–Crippen LogP) is 2.90. The smallest absolute Gasteiger partial charge is 0.224 e. The lowest BCUT2D eigenvalue weighted by molar-refractivity contribution is -0.120. The van der Waals surface area contributed by atoms with Crippen molar-refractivity contribution >= 4 is 11.6 Å². The van der Waals surface area contributed by atoms with Gasteiger partial charge in [0.25, 0.3) is 0 Å². The second-order valence-electron chi connectivity index (χ2n) is 7.20. The van der Waals surface area contributed by atoms with Gasteiger partial charge in [-0.2, -0.15) is 0 Å². The molecule has 1 N–H and O–H groups in total. The van der Waals surface area contributed by atoms with Crippen LogP contribution in [0, 0.1) is 19.7 Å². The van der Waals surface area contributed by atoms with Crippen molar-refractivity contribution in [1.29, 1.82) is 0 Å². The quantitative estimate of drug-likeness (QED) is 0.870. The third-order valence-electron chi connectivity index (χ3n) is 4.78. The molecule has 0 radical (unpaired) electrons. The molecule has 3 rings (SSSR count). The molecular weight excluding hydrogens is 349 g/mol. The number of carbonyl (C=O) groups excluding carboxylic acids is 1. The van der Waals surface area contributed by atoms with Crippen LogP contribution in [0.2, 0.25) is 0 Å². The topological polar surface area (TPSA) is 67.6 Å². The van der Waals surface area contributed by atoms with Crippen LogP contribution >= 0.6 is 0 Å². The molecule has 2 heterocycles. The van der Waals surface area contributed by atoms with Crippen molar-refractivity contribution in [2.45, 2.75) is 52.9 Å². The normalized spacial score (nSPS) is 20.0. The van der Waals surface area contributed by atoms with Gasteiger partial charge in [0, 0.05) is 25.2 Å². The standard InChI is InChI=1S/C20H26FN3O3/c1-12-10-24(11-13(2)26-12)19-6-5-16(7-18(19)21)9-22-20(25)8-17-14(3)23-27-15(17)4/h5-7,12-13H,8-11H2,1-4H3,(H,22,25)/t12-,13-/m1/s1. The number of halogens is 1. The second kappa shape index (κ2) is 8.08. The number of amides is 1. The molecule has 27 heavy (non-hydrogen) atoms. The van der Waals surface area contributed by atoms with Gasteiger partial charge in [0.1, 0.15) is 11.6 Å². The molecule has 1 amide bonds. The fourth-order valence-electron chi connectivity index (χ4n) is 3.47. The number of morpholine rings is 1. The number of hydrogen-bond donors (Lipinski definition) is 1. The average Bonchev–Trinajstić information content (AvgIpc) is 2.91. The zero-order valence-electron chi connectivity index (χ0n) is 16.2. The van der Waals surface area contributed by atoms with Gasteiger partial charge in [0.05, 0.1) is 30.0 Å². The highest BCUT2D eigenvalue weighted by atomic mass is 19.1. The highest BCUT2D eigenvalue weighted by Gasteiger charge is 2.24. The Labute approximate surface area is 158 Å². The van der Waals surface area contributed by atoms with E-state index >= 15 is 0 Å². The summed E-state index contributed by atoms with van der Waals surface area (Å²) in [5.41, 5.74) is 2.80. The summed E-state index contributed by atoms with van der Waals surface area (Å²) in [4.78, 5) is 14.2. The number of hydrogen-bond acceptors (Lipinski definition) is 5. The van der Waals surface area contributed by atoms with Gasteiger partial charge in [-0.05, 0) is 45.4 Å². The van der Waals surface area contributed by atoms with Crippen LogP contribution in [0.25, 0.3) is 0 Å². The van der Waals surface area contributed by atoms with Crippen LogP contribution in [0.4, 0.5) is 10.1 Å². The predicted molar refractivity (Wildman–Crippen MR) is 100 cm³/mol. The van der Waals surface area contributed by atoms with Gasteiger partial charge in [-0.15, -0.1) is 0 Å². The Bertz CT molecular complexity index is 791. The van der Waals surface area contributed by atoms with Gasteiger partial charge in [0.2, 0.25) is 5.91 Å². The first kappa shape index (κ1) is 19.4. The molecule has 2 atom stereocenters. The van der Waals surface area contributed by atoms with E-state index in [4.69, 9.17) is 9.26 Å². The van der Waals surface area contributed by atoms with Crippen LogP contribution in [-0.4, -0.2) is 36.4 Å². The second-order valence-corrected chi connectivity index (χ2v) is 7.20. The van der Waals surface area contributed by atoms with E-state index in [2.05, 4.69) is 10.5 Å². The van der Waals surface area contributed by atoms with Crippen LogP contribution in [-0.2, 0) is 22.5 Å². The molecular formula is C20H26FN3O3. The molecule has 6 nitrogen and oxygen atoms in total. The number of rotatable bonds is 5. The zero-order chi connectivity index (χ0) is 19.6. The van der Waals surface area contributed by atoms with E-state index in [0.29, 0.717) is 30.2 Å². The van der Waals surface area contributed by atoms with Crippen LogP contribution in [0.5, 0.6) is 0 Å². The summed E-state index contributed by atoms with van der Waals surface area (Å²) < 4.78 is 25.4. The highest BCUT2D eigenvalue weighted by Crippen LogP contribution is 2.24. The molecule has 1 saturated heterocycles. The fourth-order valence-corrected chi connectivity index (χ4v) is 3.47. The zero-order valence-corrected chi connectivity index (χ0v) is 16.2. The Morgan fingerprint density at radius 3 is 2.59 bits per heavy atom. The van der Waals surface area contributed by atoms with Crippen molar-refractivity contribution in [1.82, 2.24) is 10.5 Å². The highest BCUT2D eigenvalue weighted by molar-refractivity contribution is 5.79. The molecule has 1 aromatic carbocycles. The van der Waals surface area contributed by atoms with Crippen molar-refractivity contribution in [2.75, 3.05) is 18.0 Å².